The third-order valence-electron chi connectivity index (χ3n) is 3.33. The van der Waals surface area contributed by atoms with Crippen LogP contribution in [-0.2, 0) is 15.8 Å². The van der Waals surface area contributed by atoms with Gasteiger partial charge in [0.1, 0.15) is 0 Å². The molecule has 1 N–H and O–H groups in total. The first-order valence-corrected chi connectivity index (χ1v) is 8.49. The summed E-state index contributed by atoms with van der Waals surface area (Å²) >= 11 is 1.28. The first kappa shape index (κ1) is 19.8. The van der Waals surface area contributed by atoms with E-state index in [0.29, 0.717) is 0 Å². The first-order valence-electron chi connectivity index (χ1n) is 7.50. The number of halogens is 3. The molecule has 1 aromatic carbocycles. The number of para-hydroxylation sites is 1. The maximum absolute atomic E-state index is 12.9. The minimum Gasteiger partial charge on any atom is -0.336 e. The van der Waals surface area contributed by atoms with E-state index in [2.05, 4.69) is 10.3 Å². The van der Waals surface area contributed by atoms with Crippen molar-refractivity contribution < 1.29 is 22.8 Å². The summed E-state index contributed by atoms with van der Waals surface area (Å²) in [5.41, 5.74) is -1.27. The highest BCUT2D eigenvalue weighted by Crippen LogP contribution is 2.34. The molecule has 2 aromatic rings. The molecule has 0 spiro atoms. The van der Waals surface area contributed by atoms with Gasteiger partial charge in [-0.1, -0.05) is 12.1 Å². The number of carbonyl (C=O) groups excluding carboxylic acids is 2. The molecule has 9 heteroatoms. The van der Waals surface area contributed by atoms with Gasteiger partial charge in [0.25, 0.3) is 0 Å². The molecule has 0 radical (unpaired) electrons. The number of nitrogens with zero attached hydrogens (tertiary/aromatic N) is 2. The monoisotopic (exact) mass is 383 g/mol. The first-order chi connectivity index (χ1) is 12.3. The molecule has 0 atom stereocenters. The van der Waals surface area contributed by atoms with Crippen LogP contribution in [0.5, 0.6) is 0 Å². The summed E-state index contributed by atoms with van der Waals surface area (Å²) in [6, 6.07) is 8.19. The van der Waals surface area contributed by atoms with Crippen molar-refractivity contribution in [3.63, 3.8) is 0 Å². The molecule has 2 amide bonds. The number of nitrogens with one attached hydrogen (secondary N) is 1. The Labute approximate surface area is 152 Å². The van der Waals surface area contributed by atoms with Gasteiger partial charge in [0, 0.05) is 24.3 Å². The summed E-state index contributed by atoms with van der Waals surface area (Å²) in [6.07, 6.45) is -1.38. The van der Waals surface area contributed by atoms with Gasteiger partial charge in [-0.25, -0.2) is 0 Å². The van der Waals surface area contributed by atoms with Gasteiger partial charge in [-0.05, 0) is 24.3 Å². The second kappa shape index (κ2) is 8.70. The van der Waals surface area contributed by atoms with E-state index in [-0.39, 0.29) is 23.9 Å². The van der Waals surface area contributed by atoms with Gasteiger partial charge in [0.2, 0.25) is 11.8 Å². The molecule has 0 saturated carbocycles. The smallest absolute Gasteiger partial charge is 0.336 e. The van der Waals surface area contributed by atoms with Crippen molar-refractivity contribution in [3.8, 4) is 0 Å². The van der Waals surface area contributed by atoms with Gasteiger partial charge in [0.15, 0.2) is 0 Å². The molecule has 5 nitrogen and oxygen atoms in total. The van der Waals surface area contributed by atoms with E-state index < -0.39 is 17.6 Å². The number of alkyl halides is 3. The summed E-state index contributed by atoms with van der Waals surface area (Å²) in [4.78, 5) is 29.9. The summed E-state index contributed by atoms with van der Waals surface area (Å²) in [7, 11) is 1.42. The Morgan fingerprint density at radius 3 is 2.46 bits per heavy atom. The Bertz CT molecular complexity index is 769. The van der Waals surface area contributed by atoms with E-state index in [0.717, 1.165) is 11.0 Å². The number of rotatable bonds is 6. The molecule has 0 saturated heterocycles. The highest BCUT2D eigenvalue weighted by molar-refractivity contribution is 8.00. The minimum atomic E-state index is -4.58. The second-order valence-electron chi connectivity index (χ2n) is 5.31. The average molecular weight is 383 g/mol. The van der Waals surface area contributed by atoms with E-state index in [1.807, 2.05) is 0 Å². The number of pyridine rings is 1. The number of anilines is 1. The van der Waals surface area contributed by atoms with Gasteiger partial charge in [0.05, 0.1) is 23.5 Å². The minimum absolute atomic E-state index is 0.104. The van der Waals surface area contributed by atoms with Crippen molar-refractivity contribution in [1.82, 2.24) is 9.88 Å². The van der Waals surface area contributed by atoms with E-state index in [1.54, 1.807) is 24.5 Å². The molecule has 0 aliphatic carbocycles. The van der Waals surface area contributed by atoms with Crippen LogP contribution in [0.25, 0.3) is 0 Å². The number of carbonyl (C=O) groups is 2. The fraction of sp³-hybridized carbons (Fsp3) is 0.235. The summed E-state index contributed by atoms with van der Waals surface area (Å²) in [6.45, 7) is -0.345. The molecular formula is C17H16F3N3O2S. The van der Waals surface area contributed by atoms with Crippen LogP contribution >= 0.6 is 11.8 Å². The maximum atomic E-state index is 12.9. The molecule has 138 valence electrons. The largest absolute Gasteiger partial charge is 0.418 e. The molecule has 2 rings (SSSR count). The molecule has 0 unspecified atom stereocenters. The van der Waals surface area contributed by atoms with Crippen LogP contribution in [-0.4, -0.2) is 41.0 Å². The summed E-state index contributed by atoms with van der Waals surface area (Å²) in [5.74, 6) is -0.912. The molecule has 1 heterocycles. The number of aromatic nitrogens is 1. The number of thioether (sulfide) groups is 1. The van der Waals surface area contributed by atoms with Crippen LogP contribution in [0.1, 0.15) is 5.56 Å². The van der Waals surface area contributed by atoms with Crippen molar-refractivity contribution in [2.75, 3.05) is 24.7 Å². The van der Waals surface area contributed by atoms with E-state index in [1.165, 1.54) is 41.9 Å². The summed E-state index contributed by atoms with van der Waals surface area (Å²) < 4.78 is 38.8. The molecule has 26 heavy (non-hydrogen) atoms. The lowest BCUT2D eigenvalue weighted by Gasteiger charge is -2.18. The maximum Gasteiger partial charge on any atom is 0.418 e. The second-order valence-corrected chi connectivity index (χ2v) is 6.36. The lowest BCUT2D eigenvalue weighted by Crippen LogP contribution is -2.36. The third-order valence-corrected chi connectivity index (χ3v) is 4.32. The van der Waals surface area contributed by atoms with Crippen LogP contribution in [0.4, 0.5) is 18.9 Å². The number of amides is 2. The van der Waals surface area contributed by atoms with E-state index in [9.17, 15) is 22.8 Å². The Balaban J connectivity index is 1.90. The highest BCUT2D eigenvalue weighted by atomic mass is 32.2. The van der Waals surface area contributed by atoms with Gasteiger partial charge in [-0.2, -0.15) is 13.2 Å². The van der Waals surface area contributed by atoms with Gasteiger partial charge in [-0.3, -0.25) is 14.6 Å². The lowest BCUT2D eigenvalue weighted by molar-refractivity contribution is -0.137. The average Bonchev–Trinajstić information content (AvgIpc) is 2.60. The van der Waals surface area contributed by atoms with Crippen LogP contribution in [0.3, 0.4) is 0 Å². The van der Waals surface area contributed by atoms with Gasteiger partial charge in [-0.15, -0.1) is 11.8 Å². The van der Waals surface area contributed by atoms with Crippen molar-refractivity contribution in [1.29, 1.82) is 0 Å². The molecule has 0 aliphatic heterocycles. The normalized spacial score (nSPS) is 11.1. The zero-order chi connectivity index (χ0) is 19.2. The third kappa shape index (κ3) is 5.76. The topological polar surface area (TPSA) is 62.3 Å². The van der Waals surface area contributed by atoms with Crippen molar-refractivity contribution in [3.05, 3.63) is 54.4 Å². The van der Waals surface area contributed by atoms with Crippen LogP contribution in [0.15, 0.2) is 53.7 Å². The Kier molecular flexibility index (Phi) is 6.62. The van der Waals surface area contributed by atoms with Gasteiger partial charge >= 0.3 is 6.18 Å². The molecule has 0 bridgehead atoms. The van der Waals surface area contributed by atoms with E-state index in [4.69, 9.17) is 0 Å². The molecule has 1 aromatic heterocycles. The number of hydrogen-bond acceptors (Lipinski definition) is 4. The molecular weight excluding hydrogens is 367 g/mol. The standard InChI is InChI=1S/C17H16F3N3O2S/c1-23(16(25)11-26-12-6-8-21-9-7-12)10-15(24)22-14-5-3-2-4-13(14)17(18,19)20/h2-9H,10-11H2,1H3,(H,22,24). The molecule has 0 aliphatic rings. The van der Waals surface area contributed by atoms with E-state index >= 15 is 0 Å². The lowest BCUT2D eigenvalue weighted by atomic mass is 10.1. The highest BCUT2D eigenvalue weighted by Gasteiger charge is 2.33. The van der Waals surface area contributed by atoms with Crippen LogP contribution < -0.4 is 5.32 Å². The Morgan fingerprint density at radius 1 is 1.15 bits per heavy atom. The van der Waals surface area contributed by atoms with Crippen LogP contribution in [0, 0.1) is 0 Å². The predicted octanol–water partition coefficient (Wildman–Crippen LogP) is 3.29. The fourth-order valence-corrected chi connectivity index (χ4v) is 2.85. The number of hydrogen-bond donors (Lipinski definition) is 1. The number of benzene rings is 1. The zero-order valence-electron chi connectivity index (χ0n) is 13.8. The van der Waals surface area contributed by atoms with Crippen LogP contribution in [0.2, 0.25) is 0 Å². The van der Waals surface area contributed by atoms with Gasteiger partial charge < -0.3 is 10.2 Å². The fourth-order valence-electron chi connectivity index (χ4n) is 2.02. The van der Waals surface area contributed by atoms with Crippen molar-refractivity contribution >= 4 is 29.3 Å². The quantitative estimate of drug-likeness (QED) is 0.778. The van der Waals surface area contributed by atoms with Crippen molar-refractivity contribution in [2.45, 2.75) is 11.1 Å². The summed E-state index contributed by atoms with van der Waals surface area (Å²) in [5, 5.41) is 2.21. The Morgan fingerprint density at radius 2 is 1.81 bits per heavy atom. The number of likely N-dealkylation sites (N-methyl/N-ethyl adjacent to an activating group) is 1. The zero-order valence-corrected chi connectivity index (χ0v) is 14.6. The Hall–Kier alpha value is -2.55. The predicted molar refractivity (Wildman–Crippen MR) is 92.7 cm³/mol. The molecule has 0 fully saturated rings. The van der Waals surface area contributed by atoms with Crippen molar-refractivity contribution in [2.24, 2.45) is 0 Å². The SMILES string of the molecule is CN(CC(=O)Nc1ccccc1C(F)(F)F)C(=O)CSc1ccncc1.